The number of hydrogen-bond acceptors (Lipinski definition) is 3. The Morgan fingerprint density at radius 3 is 2.93 bits per heavy atom. The minimum absolute atomic E-state index is 0.0537. The summed E-state index contributed by atoms with van der Waals surface area (Å²) in [6.45, 7) is 1.98. The van der Waals surface area contributed by atoms with Crippen molar-refractivity contribution in [3.05, 3.63) is 29.6 Å². The summed E-state index contributed by atoms with van der Waals surface area (Å²) >= 11 is 0. The van der Waals surface area contributed by atoms with Crippen LogP contribution in [0.15, 0.2) is 18.3 Å². The predicted octanol–water partition coefficient (Wildman–Crippen LogP) is 1.88. The molecule has 76 valence electrons. The molecule has 1 aromatic heterocycles. The number of nitrogens with zero attached hydrogens (tertiary/aromatic N) is 1. The predicted molar refractivity (Wildman–Crippen MR) is 51.2 cm³/mol. The zero-order chi connectivity index (χ0) is 10.6. The summed E-state index contributed by atoms with van der Waals surface area (Å²) in [5.41, 5.74) is 0.903. The molecule has 0 saturated carbocycles. The summed E-state index contributed by atoms with van der Waals surface area (Å²) in [6.07, 6.45) is 2.23. The average Bonchev–Trinajstić information content (AvgIpc) is 2.20. The molecule has 0 saturated heterocycles. The first kappa shape index (κ1) is 10.7. The summed E-state index contributed by atoms with van der Waals surface area (Å²) in [5.74, 6) is -1.02. The number of methoxy groups -OCH3 is 1. The summed E-state index contributed by atoms with van der Waals surface area (Å²) in [7, 11) is 1.61. The highest BCUT2D eigenvalue weighted by Crippen LogP contribution is 2.19. The van der Waals surface area contributed by atoms with E-state index in [1.54, 1.807) is 19.2 Å². The fourth-order valence-electron chi connectivity index (χ4n) is 1.30. The summed E-state index contributed by atoms with van der Waals surface area (Å²) in [4.78, 5) is 14.4. The van der Waals surface area contributed by atoms with Gasteiger partial charge in [0, 0.05) is 13.3 Å². The second kappa shape index (κ2) is 4.72. The Kier molecular flexibility index (Phi) is 3.59. The Labute approximate surface area is 82.5 Å². The van der Waals surface area contributed by atoms with E-state index in [2.05, 4.69) is 4.98 Å². The Morgan fingerprint density at radius 1 is 1.71 bits per heavy atom. The molecule has 1 atom stereocenters. The van der Waals surface area contributed by atoms with Crippen molar-refractivity contribution in [2.75, 3.05) is 7.11 Å². The maximum atomic E-state index is 10.6. The van der Waals surface area contributed by atoms with Crippen LogP contribution in [0, 0.1) is 0 Å². The summed E-state index contributed by atoms with van der Waals surface area (Å²) in [5, 5.41) is 8.73. The van der Waals surface area contributed by atoms with Crippen LogP contribution >= 0.6 is 0 Å². The van der Waals surface area contributed by atoms with E-state index < -0.39 is 5.97 Å². The van der Waals surface area contributed by atoms with Gasteiger partial charge in [0.15, 0.2) is 0 Å². The van der Waals surface area contributed by atoms with Gasteiger partial charge in [0.2, 0.25) is 0 Å². The van der Waals surface area contributed by atoms with Gasteiger partial charge in [-0.3, -0.25) is 0 Å². The molecule has 4 nitrogen and oxygen atoms in total. The van der Waals surface area contributed by atoms with E-state index in [4.69, 9.17) is 9.84 Å². The highest BCUT2D eigenvalue weighted by molar-refractivity contribution is 5.85. The van der Waals surface area contributed by atoms with Crippen LogP contribution < -0.4 is 0 Å². The van der Waals surface area contributed by atoms with Gasteiger partial charge in [-0.1, -0.05) is 6.92 Å². The molecule has 1 N–H and O–H groups in total. The smallest absolute Gasteiger partial charge is 0.354 e. The van der Waals surface area contributed by atoms with Gasteiger partial charge in [0.1, 0.15) is 5.69 Å². The largest absolute Gasteiger partial charge is 0.477 e. The Bertz CT molecular complexity index is 321. The second-order valence-electron chi connectivity index (χ2n) is 2.91. The molecule has 1 heterocycles. The van der Waals surface area contributed by atoms with E-state index in [1.807, 2.05) is 6.92 Å². The van der Waals surface area contributed by atoms with Crippen molar-refractivity contribution < 1.29 is 14.6 Å². The molecule has 1 unspecified atom stereocenters. The number of aromatic nitrogens is 1. The number of aromatic carboxylic acids is 1. The summed E-state index contributed by atoms with van der Waals surface area (Å²) < 4.78 is 5.20. The minimum Gasteiger partial charge on any atom is -0.477 e. The molecule has 1 rings (SSSR count). The highest BCUT2D eigenvalue weighted by atomic mass is 16.5. The van der Waals surface area contributed by atoms with Crippen LogP contribution in [0.25, 0.3) is 0 Å². The number of carbonyl (C=O) groups is 1. The zero-order valence-electron chi connectivity index (χ0n) is 8.23. The maximum Gasteiger partial charge on any atom is 0.354 e. The molecule has 4 heteroatoms. The summed E-state index contributed by atoms with van der Waals surface area (Å²) in [6, 6.07) is 3.31. The molecule has 0 aliphatic carbocycles. The minimum atomic E-state index is -1.02. The number of ether oxygens (including phenoxy) is 1. The van der Waals surface area contributed by atoms with Gasteiger partial charge in [-0.2, -0.15) is 0 Å². The first-order chi connectivity index (χ1) is 6.69. The van der Waals surface area contributed by atoms with Gasteiger partial charge in [0.05, 0.1) is 6.10 Å². The molecule has 0 aliphatic heterocycles. The molecule has 0 spiro atoms. The van der Waals surface area contributed by atoms with Crippen LogP contribution in [0.4, 0.5) is 0 Å². The molecule has 0 amide bonds. The van der Waals surface area contributed by atoms with E-state index in [1.165, 1.54) is 6.20 Å². The third kappa shape index (κ3) is 2.29. The van der Waals surface area contributed by atoms with Crippen LogP contribution in [-0.2, 0) is 4.74 Å². The van der Waals surface area contributed by atoms with E-state index in [0.29, 0.717) is 0 Å². The lowest BCUT2D eigenvalue weighted by Crippen LogP contribution is -2.05. The first-order valence-electron chi connectivity index (χ1n) is 4.41. The number of carboxylic acids is 1. The Hall–Kier alpha value is -1.42. The molecule has 0 radical (unpaired) electrons. The SMILES string of the molecule is CCC(OC)c1ccnc(C(=O)O)c1. The number of carboxylic acid groups (broad SMARTS) is 1. The molecule has 1 aromatic rings. The van der Waals surface area contributed by atoms with E-state index >= 15 is 0 Å². The molecule has 14 heavy (non-hydrogen) atoms. The molecule has 0 bridgehead atoms. The van der Waals surface area contributed by atoms with Crippen molar-refractivity contribution >= 4 is 5.97 Å². The zero-order valence-corrected chi connectivity index (χ0v) is 8.23. The van der Waals surface area contributed by atoms with Crippen molar-refractivity contribution in [1.29, 1.82) is 0 Å². The fraction of sp³-hybridized carbons (Fsp3) is 0.400. The highest BCUT2D eigenvalue weighted by Gasteiger charge is 2.11. The van der Waals surface area contributed by atoms with Gasteiger partial charge >= 0.3 is 5.97 Å². The first-order valence-corrected chi connectivity index (χ1v) is 4.41. The lowest BCUT2D eigenvalue weighted by atomic mass is 10.1. The Morgan fingerprint density at radius 2 is 2.43 bits per heavy atom. The quantitative estimate of drug-likeness (QED) is 0.796. The third-order valence-electron chi connectivity index (χ3n) is 2.03. The van der Waals surface area contributed by atoms with Gasteiger partial charge < -0.3 is 9.84 Å². The molecule has 0 aromatic carbocycles. The maximum absolute atomic E-state index is 10.6. The van der Waals surface area contributed by atoms with Gasteiger partial charge in [-0.15, -0.1) is 0 Å². The van der Waals surface area contributed by atoms with E-state index in [-0.39, 0.29) is 11.8 Å². The van der Waals surface area contributed by atoms with Crippen LogP contribution in [0.2, 0.25) is 0 Å². The van der Waals surface area contributed by atoms with Crippen LogP contribution in [-0.4, -0.2) is 23.2 Å². The topological polar surface area (TPSA) is 59.4 Å². The van der Waals surface area contributed by atoms with Crippen LogP contribution in [0.3, 0.4) is 0 Å². The van der Waals surface area contributed by atoms with Crippen molar-refractivity contribution in [1.82, 2.24) is 4.98 Å². The van der Waals surface area contributed by atoms with Gasteiger partial charge in [-0.05, 0) is 24.1 Å². The molecular formula is C10H13NO3. The van der Waals surface area contributed by atoms with Crippen LogP contribution in [0.5, 0.6) is 0 Å². The molecule has 0 fully saturated rings. The van der Waals surface area contributed by atoms with E-state index in [9.17, 15) is 4.79 Å². The lowest BCUT2D eigenvalue weighted by Gasteiger charge is -2.12. The normalized spacial score (nSPS) is 12.4. The Balaban J connectivity index is 2.98. The molecular weight excluding hydrogens is 182 g/mol. The average molecular weight is 195 g/mol. The number of pyridine rings is 1. The number of hydrogen-bond donors (Lipinski definition) is 1. The van der Waals surface area contributed by atoms with Gasteiger partial charge in [0.25, 0.3) is 0 Å². The second-order valence-corrected chi connectivity index (χ2v) is 2.91. The third-order valence-corrected chi connectivity index (χ3v) is 2.03. The van der Waals surface area contributed by atoms with E-state index in [0.717, 1.165) is 12.0 Å². The van der Waals surface area contributed by atoms with Crippen molar-refractivity contribution in [2.24, 2.45) is 0 Å². The standard InChI is InChI=1S/C10H13NO3/c1-3-9(14-2)7-4-5-11-8(6-7)10(12)13/h4-6,9H,3H2,1-2H3,(H,12,13). The van der Waals surface area contributed by atoms with Crippen LogP contribution in [0.1, 0.15) is 35.5 Å². The molecule has 0 aliphatic rings. The monoisotopic (exact) mass is 195 g/mol. The van der Waals surface area contributed by atoms with Crippen molar-refractivity contribution in [2.45, 2.75) is 19.4 Å². The number of rotatable bonds is 4. The van der Waals surface area contributed by atoms with Crippen molar-refractivity contribution in [3.63, 3.8) is 0 Å². The van der Waals surface area contributed by atoms with Crippen molar-refractivity contribution in [3.8, 4) is 0 Å². The lowest BCUT2D eigenvalue weighted by molar-refractivity contribution is 0.0689. The van der Waals surface area contributed by atoms with Gasteiger partial charge in [-0.25, -0.2) is 9.78 Å². The fourth-order valence-corrected chi connectivity index (χ4v) is 1.30.